The molecule has 4 aliphatic rings. The van der Waals surface area contributed by atoms with Gasteiger partial charge in [-0.05, 0) is 76.7 Å². The smallest absolute Gasteiger partial charge is 0.226 e. The van der Waals surface area contributed by atoms with Crippen molar-refractivity contribution in [2.75, 3.05) is 59.1 Å². The Balaban J connectivity index is 0.000000293. The van der Waals surface area contributed by atoms with Crippen LogP contribution in [0.15, 0.2) is 66.1 Å². The van der Waals surface area contributed by atoms with Crippen LogP contribution in [0.1, 0.15) is 71.3 Å². The lowest BCUT2D eigenvalue weighted by molar-refractivity contribution is -0.128. The topological polar surface area (TPSA) is 98.8 Å². The molecule has 9 heteroatoms. The van der Waals surface area contributed by atoms with Crippen LogP contribution in [0.5, 0.6) is 0 Å². The van der Waals surface area contributed by atoms with Gasteiger partial charge < -0.3 is 20.4 Å². The predicted octanol–water partition coefficient (Wildman–Crippen LogP) is 5.17. The molecule has 5 rings (SSSR count). The predicted molar refractivity (Wildman–Crippen MR) is 184 cm³/mol. The Kier molecular flexibility index (Phi) is 18.8. The molecular formula is C35H58N4O4S. The molecule has 2 N–H and O–H groups in total. The van der Waals surface area contributed by atoms with E-state index in [1.165, 1.54) is 43.6 Å². The maximum absolute atomic E-state index is 11.4. The zero-order chi connectivity index (χ0) is 33.0. The Morgan fingerprint density at radius 2 is 1.61 bits per heavy atom. The van der Waals surface area contributed by atoms with Gasteiger partial charge in [-0.25, -0.2) is 8.42 Å². The number of allylic oxidation sites excluding steroid dienone is 4. The molecule has 0 radical (unpaired) electrons. The number of nitrogens with zero attached hydrogens (tertiary/aromatic N) is 2. The molecular weight excluding hydrogens is 572 g/mol. The van der Waals surface area contributed by atoms with E-state index in [1.807, 2.05) is 20.8 Å². The Morgan fingerprint density at radius 1 is 1.02 bits per heavy atom. The van der Waals surface area contributed by atoms with Crippen LogP contribution in [-0.4, -0.2) is 89.7 Å². The normalized spacial score (nSPS) is 22.7. The highest BCUT2D eigenvalue weighted by Gasteiger charge is 2.42. The van der Waals surface area contributed by atoms with E-state index in [1.54, 1.807) is 17.1 Å². The fourth-order valence-electron chi connectivity index (χ4n) is 5.82. The van der Waals surface area contributed by atoms with Gasteiger partial charge >= 0.3 is 0 Å². The largest absolute Gasteiger partial charge is 0.356 e. The highest BCUT2D eigenvalue weighted by Crippen LogP contribution is 2.35. The van der Waals surface area contributed by atoms with Crippen molar-refractivity contribution in [3.05, 3.63) is 71.7 Å². The molecule has 44 heavy (non-hydrogen) atoms. The zero-order valence-corrected chi connectivity index (χ0v) is 28.9. The van der Waals surface area contributed by atoms with E-state index in [2.05, 4.69) is 66.4 Å². The molecule has 4 heterocycles. The second-order valence-electron chi connectivity index (χ2n) is 11.7. The van der Waals surface area contributed by atoms with Crippen molar-refractivity contribution >= 4 is 22.2 Å². The number of carbonyl (C=O) groups excluding carboxylic acids is 2. The molecule has 2 amide bonds. The van der Waals surface area contributed by atoms with Crippen molar-refractivity contribution in [3.63, 3.8) is 0 Å². The van der Waals surface area contributed by atoms with E-state index < -0.39 is 9.84 Å². The van der Waals surface area contributed by atoms with E-state index >= 15 is 0 Å². The summed E-state index contributed by atoms with van der Waals surface area (Å²) in [6, 6.07) is 10.9. The summed E-state index contributed by atoms with van der Waals surface area (Å²) < 4.78 is 21.8. The Hall–Kier alpha value is -2.75. The molecule has 1 aromatic carbocycles. The van der Waals surface area contributed by atoms with Crippen molar-refractivity contribution in [2.24, 2.45) is 11.3 Å². The number of hydrogen-bond donors (Lipinski definition) is 2. The highest BCUT2D eigenvalue weighted by molar-refractivity contribution is 7.94. The number of sulfone groups is 1. The number of likely N-dealkylation sites (N-methyl/N-ethyl adjacent to an activating group) is 1. The molecule has 0 aliphatic carbocycles. The van der Waals surface area contributed by atoms with Gasteiger partial charge in [-0.1, -0.05) is 75.9 Å². The van der Waals surface area contributed by atoms with Crippen molar-refractivity contribution in [3.8, 4) is 0 Å². The lowest BCUT2D eigenvalue weighted by Gasteiger charge is -2.30. The van der Waals surface area contributed by atoms with Gasteiger partial charge in [-0.15, -0.1) is 0 Å². The second-order valence-corrected chi connectivity index (χ2v) is 13.7. The minimum Gasteiger partial charge on any atom is -0.356 e. The Labute approximate surface area is 268 Å². The van der Waals surface area contributed by atoms with Crippen LogP contribution in [0.3, 0.4) is 0 Å². The maximum Gasteiger partial charge on any atom is 0.226 e. The van der Waals surface area contributed by atoms with Crippen LogP contribution in [-0.2, 0) is 19.4 Å². The van der Waals surface area contributed by atoms with Gasteiger partial charge in [-0.3, -0.25) is 9.59 Å². The number of nitrogens with one attached hydrogen (secondary N) is 2. The van der Waals surface area contributed by atoms with E-state index in [0.29, 0.717) is 5.91 Å². The van der Waals surface area contributed by atoms with Gasteiger partial charge in [0.25, 0.3) is 0 Å². The molecule has 4 saturated heterocycles. The molecule has 8 nitrogen and oxygen atoms in total. The summed E-state index contributed by atoms with van der Waals surface area (Å²) in [6.45, 7) is 18.9. The first-order chi connectivity index (χ1) is 21.1. The minimum atomic E-state index is -3.10. The molecule has 1 spiro atoms. The number of likely N-dealkylation sites (tertiary alicyclic amines) is 2. The zero-order valence-electron chi connectivity index (χ0n) is 28.1. The summed E-state index contributed by atoms with van der Waals surface area (Å²) in [5.41, 5.74) is 1.52. The average molecular weight is 631 g/mol. The summed E-state index contributed by atoms with van der Waals surface area (Å²) in [4.78, 5) is 25.8. The third kappa shape index (κ3) is 13.5. The second kappa shape index (κ2) is 21.1. The standard InChI is InChI=1S/C12H17N.C8H14N2O.C8H12O2S.C5H9NO.C2H6/c1-10-8-13(2)9-12(10)11-6-4-3-5-7-11;11-7-8(3-6-10-7)1-4-9-5-2-8;1-4-6-7-8(5-2)11(3,9)10;7-5-6-3-1-2-4-6;1-2/h3-7,10,12H,8-9H2,1-2H3;9H,1-6H2,(H,10,11);4-7H,2H2,1,3H3;5H,1-4H2;1-2H3/b;;6-4+,8-7+;;/t10-,12?;;;;/m0..../s1. The number of benzene rings is 1. The summed E-state index contributed by atoms with van der Waals surface area (Å²) in [5.74, 6) is 1.83. The quantitative estimate of drug-likeness (QED) is 0.344. The molecule has 4 aliphatic heterocycles. The van der Waals surface area contributed by atoms with E-state index in [4.69, 9.17) is 0 Å². The summed E-state index contributed by atoms with van der Waals surface area (Å²) in [7, 11) is -0.888. The van der Waals surface area contributed by atoms with Crippen LogP contribution in [0.4, 0.5) is 0 Å². The van der Waals surface area contributed by atoms with Crippen LogP contribution >= 0.6 is 0 Å². The van der Waals surface area contributed by atoms with Gasteiger partial charge in [0.1, 0.15) is 0 Å². The number of rotatable bonds is 5. The molecule has 0 bridgehead atoms. The monoisotopic (exact) mass is 630 g/mol. The van der Waals surface area contributed by atoms with E-state index in [-0.39, 0.29) is 10.3 Å². The number of amides is 2. The van der Waals surface area contributed by atoms with Crippen LogP contribution in [0.2, 0.25) is 0 Å². The van der Waals surface area contributed by atoms with E-state index in [9.17, 15) is 18.0 Å². The van der Waals surface area contributed by atoms with Crippen LogP contribution < -0.4 is 10.6 Å². The van der Waals surface area contributed by atoms with Crippen molar-refractivity contribution in [2.45, 2.75) is 65.7 Å². The van der Waals surface area contributed by atoms with Crippen LogP contribution in [0.25, 0.3) is 0 Å². The molecule has 248 valence electrons. The summed E-state index contributed by atoms with van der Waals surface area (Å²) >= 11 is 0. The van der Waals surface area contributed by atoms with Gasteiger partial charge in [0.2, 0.25) is 12.3 Å². The third-order valence-corrected chi connectivity index (χ3v) is 9.49. The first kappa shape index (κ1) is 39.3. The SMILES string of the molecule is C=C/C(=C\C=C\C)S(C)(=O)=O.CC.C[C@H]1CN(C)CC1c1ccccc1.O=C1NCCC12CCNCC2.O=CN1CCCC1. The molecule has 1 aromatic rings. The number of carbonyl (C=O) groups is 2. The van der Waals surface area contributed by atoms with Gasteiger partial charge in [0.05, 0.1) is 10.3 Å². The van der Waals surface area contributed by atoms with Crippen molar-refractivity contribution in [1.29, 1.82) is 0 Å². The fourth-order valence-corrected chi connectivity index (χ4v) is 6.45. The Morgan fingerprint density at radius 3 is 2.02 bits per heavy atom. The van der Waals surface area contributed by atoms with Crippen molar-refractivity contribution in [1.82, 2.24) is 20.4 Å². The number of piperidine rings is 1. The molecule has 0 saturated carbocycles. The molecule has 4 fully saturated rings. The lowest BCUT2D eigenvalue weighted by atomic mass is 9.78. The molecule has 2 atom stereocenters. The van der Waals surface area contributed by atoms with Gasteiger partial charge in [0.15, 0.2) is 9.84 Å². The van der Waals surface area contributed by atoms with Crippen molar-refractivity contribution < 1.29 is 18.0 Å². The van der Waals surface area contributed by atoms with E-state index in [0.717, 1.165) is 76.5 Å². The fraction of sp³-hybridized carbons (Fsp3) is 0.600. The molecule has 0 aromatic heterocycles. The first-order valence-electron chi connectivity index (χ1n) is 16.1. The highest BCUT2D eigenvalue weighted by atomic mass is 32.2. The minimum absolute atomic E-state index is 0.0191. The third-order valence-electron chi connectivity index (χ3n) is 8.33. The van der Waals surface area contributed by atoms with Gasteiger partial charge in [0, 0.05) is 44.9 Å². The number of hydrogen-bond acceptors (Lipinski definition) is 6. The lowest BCUT2D eigenvalue weighted by Crippen LogP contribution is -2.41. The maximum atomic E-state index is 11.4. The summed E-state index contributed by atoms with van der Waals surface area (Å²) in [5, 5.41) is 6.19. The Bertz CT molecular complexity index is 1140. The average Bonchev–Trinajstić information content (AvgIpc) is 3.76. The van der Waals surface area contributed by atoms with Gasteiger partial charge in [-0.2, -0.15) is 0 Å². The van der Waals surface area contributed by atoms with Crippen LogP contribution in [0, 0.1) is 11.3 Å². The summed E-state index contributed by atoms with van der Waals surface area (Å²) in [6.07, 6.45) is 13.8. The first-order valence-corrected chi connectivity index (χ1v) is 18.0. The molecule has 1 unspecified atom stereocenters.